The van der Waals surface area contributed by atoms with Gasteiger partial charge in [0.05, 0.1) is 30.6 Å². The first-order valence-corrected chi connectivity index (χ1v) is 12.1. The number of nitrogens with one attached hydrogen (secondary N) is 1. The van der Waals surface area contributed by atoms with E-state index in [-0.39, 0.29) is 5.91 Å². The Hall–Kier alpha value is -3.69. The summed E-state index contributed by atoms with van der Waals surface area (Å²) in [5.74, 6) is 1.79. The van der Waals surface area contributed by atoms with Crippen LogP contribution < -0.4 is 19.5 Å². The molecule has 0 spiro atoms. The highest BCUT2D eigenvalue weighted by atomic mass is 32.1. The number of ether oxygens (including phenoxy) is 3. The van der Waals surface area contributed by atoms with E-state index in [1.165, 1.54) is 17.4 Å². The molecule has 34 heavy (non-hydrogen) atoms. The molecule has 0 bridgehead atoms. The van der Waals surface area contributed by atoms with Gasteiger partial charge >= 0.3 is 0 Å². The van der Waals surface area contributed by atoms with E-state index in [2.05, 4.69) is 15.3 Å². The number of hydrogen-bond donors (Lipinski definition) is 1. The van der Waals surface area contributed by atoms with E-state index in [9.17, 15) is 4.79 Å². The summed E-state index contributed by atoms with van der Waals surface area (Å²) in [4.78, 5) is 21.3. The number of aryl methyl sites for hydroxylation is 1. The summed E-state index contributed by atoms with van der Waals surface area (Å²) in [7, 11) is 3.20. The summed E-state index contributed by atoms with van der Waals surface area (Å²) in [6, 6.07) is 13.1. The molecule has 0 aliphatic heterocycles. The van der Waals surface area contributed by atoms with E-state index >= 15 is 0 Å². The Bertz CT molecular complexity index is 1310. The van der Waals surface area contributed by atoms with Crippen molar-refractivity contribution in [3.8, 4) is 28.5 Å². The van der Waals surface area contributed by atoms with Crippen LogP contribution in [-0.2, 0) is 11.4 Å². The lowest BCUT2D eigenvalue weighted by Crippen LogP contribution is -2.07. The Morgan fingerprint density at radius 1 is 1.03 bits per heavy atom. The average molecular weight is 494 g/mol. The third-order valence-electron chi connectivity index (χ3n) is 4.76. The number of nitrogens with zero attached hydrogens (tertiary/aromatic N) is 2. The first kappa shape index (κ1) is 23.5. The van der Waals surface area contributed by atoms with Gasteiger partial charge in [0, 0.05) is 28.5 Å². The molecule has 9 heteroatoms. The molecule has 4 aromatic rings. The maximum absolute atomic E-state index is 12.4. The lowest BCUT2D eigenvalue weighted by Gasteiger charge is -2.08. The fourth-order valence-corrected chi connectivity index (χ4v) is 4.43. The average Bonchev–Trinajstić information content (AvgIpc) is 3.50. The van der Waals surface area contributed by atoms with Gasteiger partial charge in [-0.05, 0) is 42.8 Å². The zero-order valence-electron chi connectivity index (χ0n) is 18.9. The highest BCUT2D eigenvalue weighted by Gasteiger charge is 2.12. The van der Waals surface area contributed by atoms with Crippen molar-refractivity contribution >= 4 is 39.8 Å². The SMILES string of the molecule is COc1ccc(-c2csc(NC(=O)/C=C/c3cccc(OCc4csc(C)n4)c3)n2)c(OC)c1. The lowest BCUT2D eigenvalue weighted by atomic mass is 10.1. The van der Waals surface area contributed by atoms with Crippen molar-refractivity contribution in [1.82, 2.24) is 9.97 Å². The first-order chi connectivity index (χ1) is 16.5. The molecule has 0 fully saturated rings. The van der Waals surface area contributed by atoms with Crippen molar-refractivity contribution in [3.63, 3.8) is 0 Å². The Morgan fingerprint density at radius 3 is 2.68 bits per heavy atom. The van der Waals surface area contributed by atoms with Gasteiger partial charge in [-0.25, -0.2) is 9.97 Å². The molecule has 0 saturated heterocycles. The van der Waals surface area contributed by atoms with Crippen LogP contribution in [0.15, 0.2) is 59.3 Å². The van der Waals surface area contributed by atoms with Crippen molar-refractivity contribution in [2.24, 2.45) is 0 Å². The van der Waals surface area contributed by atoms with E-state index < -0.39 is 0 Å². The van der Waals surface area contributed by atoms with Crippen molar-refractivity contribution in [2.75, 3.05) is 19.5 Å². The van der Waals surface area contributed by atoms with Crippen LogP contribution in [0.5, 0.6) is 17.2 Å². The number of hydrogen-bond acceptors (Lipinski definition) is 8. The molecule has 4 rings (SSSR count). The first-order valence-electron chi connectivity index (χ1n) is 10.3. The van der Waals surface area contributed by atoms with Crippen LogP contribution >= 0.6 is 22.7 Å². The number of amides is 1. The molecule has 0 unspecified atom stereocenters. The van der Waals surface area contributed by atoms with Crippen LogP contribution in [0.4, 0.5) is 5.13 Å². The number of carbonyl (C=O) groups excluding carboxylic acids is 1. The summed E-state index contributed by atoms with van der Waals surface area (Å²) in [5, 5.41) is 8.17. The highest BCUT2D eigenvalue weighted by Crippen LogP contribution is 2.34. The minimum Gasteiger partial charge on any atom is -0.497 e. The summed E-state index contributed by atoms with van der Waals surface area (Å²) >= 11 is 2.94. The van der Waals surface area contributed by atoms with Crippen LogP contribution in [0, 0.1) is 6.92 Å². The van der Waals surface area contributed by atoms with E-state index in [0.717, 1.165) is 21.8 Å². The van der Waals surface area contributed by atoms with Gasteiger partial charge in [0.2, 0.25) is 5.91 Å². The molecule has 0 aliphatic rings. The number of methoxy groups -OCH3 is 2. The minimum absolute atomic E-state index is 0.271. The molecule has 0 radical (unpaired) electrons. The third kappa shape index (κ3) is 6.00. The van der Waals surface area contributed by atoms with Gasteiger partial charge in [0.15, 0.2) is 5.13 Å². The number of aromatic nitrogens is 2. The van der Waals surface area contributed by atoms with Crippen LogP contribution in [0.25, 0.3) is 17.3 Å². The maximum Gasteiger partial charge on any atom is 0.250 e. The molecule has 1 N–H and O–H groups in total. The smallest absolute Gasteiger partial charge is 0.250 e. The Balaban J connectivity index is 1.37. The quantitative estimate of drug-likeness (QED) is 0.296. The second-order valence-electron chi connectivity index (χ2n) is 7.15. The van der Waals surface area contributed by atoms with E-state index in [1.807, 2.05) is 54.1 Å². The van der Waals surface area contributed by atoms with Crippen LogP contribution in [0.3, 0.4) is 0 Å². The zero-order valence-corrected chi connectivity index (χ0v) is 20.5. The highest BCUT2D eigenvalue weighted by molar-refractivity contribution is 7.14. The summed E-state index contributed by atoms with van der Waals surface area (Å²) < 4.78 is 16.5. The predicted octanol–water partition coefficient (Wildman–Crippen LogP) is 5.82. The van der Waals surface area contributed by atoms with Gasteiger partial charge in [0.25, 0.3) is 0 Å². The second-order valence-corrected chi connectivity index (χ2v) is 9.07. The lowest BCUT2D eigenvalue weighted by molar-refractivity contribution is -0.111. The van der Waals surface area contributed by atoms with Crippen LogP contribution in [0.2, 0.25) is 0 Å². The third-order valence-corrected chi connectivity index (χ3v) is 6.34. The molecule has 0 saturated carbocycles. The Labute approximate surface area is 205 Å². The van der Waals surface area contributed by atoms with Crippen LogP contribution in [-0.4, -0.2) is 30.1 Å². The Kier molecular flexibility index (Phi) is 7.56. The van der Waals surface area contributed by atoms with E-state index in [4.69, 9.17) is 14.2 Å². The topological polar surface area (TPSA) is 82.6 Å². The molecule has 2 aromatic heterocycles. The van der Waals surface area contributed by atoms with Crippen LogP contribution in [0.1, 0.15) is 16.3 Å². The van der Waals surface area contributed by atoms with Crippen molar-refractivity contribution in [1.29, 1.82) is 0 Å². The molecular weight excluding hydrogens is 470 g/mol. The van der Waals surface area contributed by atoms with E-state index in [1.54, 1.807) is 37.7 Å². The zero-order chi connectivity index (χ0) is 23.9. The molecular formula is C25H23N3O4S2. The fourth-order valence-electron chi connectivity index (χ4n) is 3.12. The molecule has 2 aromatic carbocycles. The number of anilines is 1. The Morgan fingerprint density at radius 2 is 1.91 bits per heavy atom. The molecule has 7 nitrogen and oxygen atoms in total. The van der Waals surface area contributed by atoms with Gasteiger partial charge in [-0.2, -0.15) is 0 Å². The molecule has 174 valence electrons. The normalized spacial score (nSPS) is 10.9. The molecule has 2 heterocycles. The predicted molar refractivity (Wildman–Crippen MR) is 136 cm³/mol. The van der Waals surface area contributed by atoms with Crippen molar-refractivity contribution < 1.29 is 19.0 Å². The standard InChI is InChI=1S/C25H23N3O4S2/c1-16-26-18(14-33-16)13-32-20-6-4-5-17(11-20)7-10-24(29)28-25-27-22(15-34-25)21-9-8-19(30-2)12-23(21)31-3/h4-12,14-15H,13H2,1-3H3,(H,27,28,29)/b10-7+. The van der Waals surface area contributed by atoms with Gasteiger partial charge in [-0.15, -0.1) is 22.7 Å². The summed E-state index contributed by atoms with van der Waals surface area (Å²) in [6.07, 6.45) is 3.20. The van der Waals surface area contributed by atoms with Gasteiger partial charge < -0.3 is 14.2 Å². The number of benzene rings is 2. The fraction of sp³-hybridized carbons (Fsp3) is 0.160. The molecule has 1 amide bonds. The second kappa shape index (κ2) is 11.0. The number of thiazole rings is 2. The monoisotopic (exact) mass is 493 g/mol. The molecule has 0 atom stereocenters. The van der Waals surface area contributed by atoms with Gasteiger partial charge in [0.1, 0.15) is 23.9 Å². The van der Waals surface area contributed by atoms with Crippen molar-refractivity contribution in [2.45, 2.75) is 13.5 Å². The van der Waals surface area contributed by atoms with Crippen molar-refractivity contribution in [3.05, 3.63) is 75.6 Å². The van der Waals surface area contributed by atoms with E-state index in [0.29, 0.717) is 34.7 Å². The van der Waals surface area contributed by atoms with Gasteiger partial charge in [-0.1, -0.05) is 12.1 Å². The maximum atomic E-state index is 12.4. The van der Waals surface area contributed by atoms with Gasteiger partial charge in [-0.3, -0.25) is 10.1 Å². The largest absolute Gasteiger partial charge is 0.497 e. The summed E-state index contributed by atoms with van der Waals surface area (Å²) in [6.45, 7) is 2.37. The summed E-state index contributed by atoms with van der Waals surface area (Å²) in [5.41, 5.74) is 3.28. The number of carbonyl (C=O) groups is 1. The minimum atomic E-state index is -0.271. The molecule has 0 aliphatic carbocycles. The number of rotatable bonds is 9.